The maximum absolute atomic E-state index is 12.2. The maximum atomic E-state index is 12.2. The quantitative estimate of drug-likeness (QED) is 0.845. The van der Waals surface area contributed by atoms with Crippen molar-refractivity contribution >= 4 is 27.3 Å². The summed E-state index contributed by atoms with van der Waals surface area (Å²) in [4.78, 5) is 11.0. The van der Waals surface area contributed by atoms with Gasteiger partial charge in [0, 0.05) is 6.04 Å². The molecule has 0 amide bonds. The van der Waals surface area contributed by atoms with Crippen LogP contribution in [0.15, 0.2) is 10.3 Å². The minimum Gasteiger partial charge on any atom is -0.477 e. The predicted molar refractivity (Wildman–Crippen MR) is 75.3 cm³/mol. The van der Waals surface area contributed by atoms with Gasteiger partial charge in [0.25, 0.3) is 0 Å². The molecule has 1 unspecified atom stereocenters. The number of carbonyl (C=O) groups is 1. The molecule has 5 nitrogen and oxygen atoms in total. The minimum atomic E-state index is -3.65. The second-order valence-electron chi connectivity index (χ2n) is 4.76. The van der Waals surface area contributed by atoms with Crippen molar-refractivity contribution in [2.75, 3.05) is 0 Å². The van der Waals surface area contributed by atoms with Crippen LogP contribution in [0.5, 0.6) is 0 Å². The van der Waals surface area contributed by atoms with Crippen LogP contribution in [0.2, 0.25) is 0 Å². The number of thiophene rings is 1. The Morgan fingerprint density at radius 3 is 2.42 bits per heavy atom. The Hall–Kier alpha value is -0.920. The molecule has 108 valence electrons. The van der Waals surface area contributed by atoms with Crippen LogP contribution in [-0.2, 0) is 10.0 Å². The molecule has 0 saturated carbocycles. The summed E-state index contributed by atoms with van der Waals surface area (Å²) in [6.07, 6.45) is 0.688. The lowest BCUT2D eigenvalue weighted by molar-refractivity contribution is 0.0701. The van der Waals surface area contributed by atoms with E-state index in [-0.39, 0.29) is 21.0 Å². The van der Waals surface area contributed by atoms with Crippen molar-refractivity contribution in [2.24, 2.45) is 5.92 Å². The summed E-state index contributed by atoms with van der Waals surface area (Å²) in [5.74, 6) is -0.917. The molecule has 0 aliphatic rings. The average molecular weight is 305 g/mol. The van der Waals surface area contributed by atoms with Crippen molar-refractivity contribution in [1.82, 2.24) is 4.72 Å². The zero-order valence-electron chi connectivity index (χ0n) is 11.4. The summed E-state index contributed by atoms with van der Waals surface area (Å²) in [5.41, 5.74) is 0.468. The monoisotopic (exact) mass is 305 g/mol. The minimum absolute atomic E-state index is 0.0569. The topological polar surface area (TPSA) is 83.5 Å². The lowest BCUT2D eigenvalue weighted by Gasteiger charge is -2.19. The Kier molecular flexibility index (Phi) is 5.11. The molecule has 0 bridgehead atoms. The predicted octanol–water partition coefficient (Wildman–Crippen LogP) is 2.47. The zero-order chi connectivity index (χ0) is 14.8. The van der Waals surface area contributed by atoms with Crippen LogP contribution in [0, 0.1) is 12.8 Å². The molecule has 0 spiro atoms. The van der Waals surface area contributed by atoms with Crippen molar-refractivity contribution in [1.29, 1.82) is 0 Å². The van der Waals surface area contributed by atoms with Crippen molar-refractivity contribution in [3.63, 3.8) is 0 Å². The van der Waals surface area contributed by atoms with E-state index < -0.39 is 16.0 Å². The smallest absolute Gasteiger partial charge is 0.346 e. The van der Waals surface area contributed by atoms with Crippen molar-refractivity contribution in [3.05, 3.63) is 16.5 Å². The van der Waals surface area contributed by atoms with E-state index in [1.54, 1.807) is 6.92 Å². The van der Waals surface area contributed by atoms with Gasteiger partial charge < -0.3 is 5.11 Å². The van der Waals surface area contributed by atoms with Gasteiger partial charge in [-0.15, -0.1) is 11.3 Å². The molecule has 7 heteroatoms. The van der Waals surface area contributed by atoms with Gasteiger partial charge in [0.1, 0.15) is 9.09 Å². The highest BCUT2D eigenvalue weighted by Crippen LogP contribution is 2.26. The fraction of sp³-hybridized carbons (Fsp3) is 0.583. The number of aromatic carboxylic acids is 1. The SMILES string of the molecule is CCC(NS(=O)(=O)c1cc(C)c(C(=O)O)s1)C(C)C. The molecule has 2 N–H and O–H groups in total. The van der Waals surface area contributed by atoms with Gasteiger partial charge in [0.05, 0.1) is 0 Å². The summed E-state index contributed by atoms with van der Waals surface area (Å²) in [6, 6.07) is 1.25. The molecule has 0 aromatic carbocycles. The summed E-state index contributed by atoms with van der Waals surface area (Å²) in [6.45, 7) is 7.40. The molecular weight excluding hydrogens is 286 g/mol. The molecule has 1 rings (SSSR count). The number of sulfonamides is 1. The van der Waals surface area contributed by atoms with Crippen molar-refractivity contribution < 1.29 is 18.3 Å². The van der Waals surface area contributed by atoms with Gasteiger partial charge in [-0.2, -0.15) is 0 Å². The third kappa shape index (κ3) is 3.77. The van der Waals surface area contributed by atoms with Crippen LogP contribution >= 0.6 is 11.3 Å². The van der Waals surface area contributed by atoms with Crippen LogP contribution in [0.3, 0.4) is 0 Å². The first-order valence-electron chi connectivity index (χ1n) is 6.05. The Balaban J connectivity index is 3.07. The normalized spacial score (nSPS) is 13.7. The van der Waals surface area contributed by atoms with Gasteiger partial charge in [-0.25, -0.2) is 17.9 Å². The van der Waals surface area contributed by atoms with Crippen LogP contribution < -0.4 is 4.72 Å². The van der Waals surface area contributed by atoms with Crippen LogP contribution in [0.1, 0.15) is 42.4 Å². The number of aryl methyl sites for hydroxylation is 1. The number of carboxylic acid groups (broad SMARTS) is 1. The average Bonchev–Trinajstić information content (AvgIpc) is 2.68. The third-order valence-corrected chi connectivity index (χ3v) is 6.09. The Morgan fingerprint density at radius 2 is 2.05 bits per heavy atom. The first kappa shape index (κ1) is 16.1. The molecule has 1 aromatic heterocycles. The van der Waals surface area contributed by atoms with Crippen LogP contribution in [-0.4, -0.2) is 25.5 Å². The van der Waals surface area contributed by atoms with Crippen LogP contribution in [0.4, 0.5) is 0 Å². The lowest BCUT2D eigenvalue weighted by atomic mass is 10.0. The standard InChI is InChI=1S/C12H19NO4S2/c1-5-9(7(2)3)13-19(16,17)10-6-8(4)11(18-10)12(14)15/h6-7,9,13H,5H2,1-4H3,(H,14,15). The largest absolute Gasteiger partial charge is 0.477 e. The fourth-order valence-corrected chi connectivity index (χ4v) is 4.61. The van der Waals surface area contributed by atoms with E-state index in [0.29, 0.717) is 12.0 Å². The molecule has 0 aliphatic heterocycles. The van der Waals surface area contributed by atoms with Crippen LogP contribution in [0.25, 0.3) is 0 Å². The van der Waals surface area contributed by atoms with Crippen molar-refractivity contribution in [2.45, 2.75) is 44.4 Å². The van der Waals surface area contributed by atoms with E-state index >= 15 is 0 Å². The third-order valence-electron chi connectivity index (χ3n) is 2.91. The highest BCUT2D eigenvalue weighted by molar-refractivity contribution is 7.91. The maximum Gasteiger partial charge on any atom is 0.346 e. The van der Waals surface area contributed by atoms with E-state index in [1.807, 2.05) is 20.8 Å². The summed E-state index contributed by atoms with van der Waals surface area (Å²) in [7, 11) is -3.65. The summed E-state index contributed by atoms with van der Waals surface area (Å²) in [5, 5.41) is 8.96. The number of hydrogen-bond donors (Lipinski definition) is 2. The van der Waals surface area contributed by atoms with E-state index in [0.717, 1.165) is 11.3 Å². The van der Waals surface area contributed by atoms with Gasteiger partial charge in [-0.3, -0.25) is 0 Å². The Morgan fingerprint density at radius 1 is 1.47 bits per heavy atom. The second-order valence-corrected chi connectivity index (χ2v) is 7.76. The Bertz CT molecular complexity index is 560. The van der Waals surface area contributed by atoms with Gasteiger partial charge in [-0.1, -0.05) is 20.8 Å². The van der Waals surface area contributed by atoms with Gasteiger partial charge in [-0.05, 0) is 30.9 Å². The molecule has 0 fully saturated rings. The van der Waals surface area contributed by atoms with Gasteiger partial charge in [0.15, 0.2) is 0 Å². The zero-order valence-corrected chi connectivity index (χ0v) is 13.1. The summed E-state index contributed by atoms with van der Waals surface area (Å²) >= 11 is 0.789. The second kappa shape index (κ2) is 6.02. The molecule has 0 saturated heterocycles. The molecule has 19 heavy (non-hydrogen) atoms. The Labute approximate surface area is 117 Å². The number of carboxylic acids is 1. The number of nitrogens with one attached hydrogen (secondary N) is 1. The molecular formula is C12H19NO4S2. The van der Waals surface area contributed by atoms with Gasteiger partial charge in [0.2, 0.25) is 10.0 Å². The summed E-state index contributed by atoms with van der Waals surface area (Å²) < 4.78 is 27.1. The fourth-order valence-electron chi connectivity index (χ4n) is 1.75. The van der Waals surface area contributed by atoms with E-state index in [1.165, 1.54) is 6.07 Å². The molecule has 1 aromatic rings. The molecule has 1 atom stereocenters. The molecule has 0 aliphatic carbocycles. The highest BCUT2D eigenvalue weighted by atomic mass is 32.2. The first-order valence-corrected chi connectivity index (χ1v) is 8.35. The van der Waals surface area contributed by atoms with Gasteiger partial charge >= 0.3 is 5.97 Å². The lowest BCUT2D eigenvalue weighted by Crippen LogP contribution is -2.37. The van der Waals surface area contributed by atoms with E-state index in [4.69, 9.17) is 5.11 Å². The number of hydrogen-bond acceptors (Lipinski definition) is 4. The van der Waals surface area contributed by atoms with Crippen molar-refractivity contribution in [3.8, 4) is 0 Å². The van der Waals surface area contributed by atoms with E-state index in [2.05, 4.69) is 4.72 Å². The molecule has 0 radical (unpaired) electrons. The number of rotatable bonds is 6. The van der Waals surface area contributed by atoms with E-state index in [9.17, 15) is 13.2 Å². The molecule has 1 heterocycles. The highest BCUT2D eigenvalue weighted by Gasteiger charge is 2.25. The first-order chi connectivity index (χ1) is 8.69.